The Kier molecular flexibility index (Phi) is 3.06. The Morgan fingerprint density at radius 1 is 1.18 bits per heavy atom. The normalized spacial score (nSPS) is 15.3. The van der Waals surface area contributed by atoms with E-state index in [1.54, 1.807) is 0 Å². The molecule has 0 bridgehead atoms. The third-order valence-electron chi connectivity index (χ3n) is 3.35. The van der Waals surface area contributed by atoms with E-state index in [9.17, 15) is 0 Å². The fourth-order valence-electron chi connectivity index (χ4n) is 2.24. The summed E-state index contributed by atoms with van der Waals surface area (Å²) in [6.07, 6.45) is 6.94. The van der Waals surface area contributed by atoms with Crippen LogP contribution in [0.1, 0.15) is 24.8 Å². The zero-order valence-electron chi connectivity index (χ0n) is 10.0. The highest BCUT2D eigenvalue weighted by atomic mass is 14.9. The Hall–Kier alpha value is -1.41. The minimum Gasteiger partial charge on any atom is -0.314 e. The second-order valence-corrected chi connectivity index (χ2v) is 4.82. The summed E-state index contributed by atoms with van der Waals surface area (Å²) in [5, 5.41) is 4.80. The Bertz CT molecular complexity index is 498. The average molecular weight is 226 g/mol. The number of hydrogen-bond donors (Lipinski definition) is 1. The molecule has 0 saturated heterocycles. The quantitative estimate of drug-likeness (QED) is 0.793. The number of pyridine rings is 1. The van der Waals surface area contributed by atoms with E-state index in [0.29, 0.717) is 0 Å². The molecule has 88 valence electrons. The van der Waals surface area contributed by atoms with Crippen molar-refractivity contribution in [2.75, 3.05) is 6.54 Å². The predicted octanol–water partition coefficient (Wildman–Crippen LogP) is 2.92. The van der Waals surface area contributed by atoms with E-state index in [1.807, 2.05) is 12.3 Å². The molecule has 0 unspecified atom stereocenters. The van der Waals surface area contributed by atoms with Crippen LogP contribution in [0, 0.1) is 0 Å². The second-order valence-electron chi connectivity index (χ2n) is 4.82. The third kappa shape index (κ3) is 2.64. The molecule has 1 aliphatic rings. The minimum absolute atomic E-state index is 0.820. The molecule has 1 fully saturated rings. The number of rotatable bonds is 5. The third-order valence-corrected chi connectivity index (χ3v) is 3.35. The molecule has 1 aromatic heterocycles. The van der Waals surface area contributed by atoms with Gasteiger partial charge in [-0.05, 0) is 43.9 Å². The number of aromatic nitrogens is 1. The lowest BCUT2D eigenvalue weighted by atomic mass is 10.1. The first-order valence-corrected chi connectivity index (χ1v) is 6.49. The summed E-state index contributed by atoms with van der Waals surface area (Å²) in [4.78, 5) is 4.49. The van der Waals surface area contributed by atoms with Crippen molar-refractivity contribution in [2.24, 2.45) is 0 Å². The van der Waals surface area contributed by atoms with Gasteiger partial charge in [-0.25, -0.2) is 0 Å². The van der Waals surface area contributed by atoms with Crippen LogP contribution in [0.15, 0.2) is 36.5 Å². The monoisotopic (exact) mass is 226 g/mol. The van der Waals surface area contributed by atoms with Gasteiger partial charge in [0, 0.05) is 17.6 Å². The summed E-state index contributed by atoms with van der Waals surface area (Å²) in [6, 6.07) is 11.4. The van der Waals surface area contributed by atoms with Crippen LogP contribution in [0.2, 0.25) is 0 Å². The molecule has 0 amide bonds. The zero-order valence-corrected chi connectivity index (χ0v) is 10.0. The molecule has 0 aliphatic heterocycles. The van der Waals surface area contributed by atoms with Gasteiger partial charge in [0.1, 0.15) is 0 Å². The van der Waals surface area contributed by atoms with Crippen molar-refractivity contribution in [3.8, 4) is 0 Å². The van der Waals surface area contributed by atoms with Crippen molar-refractivity contribution < 1.29 is 0 Å². The Morgan fingerprint density at radius 2 is 2.06 bits per heavy atom. The highest BCUT2D eigenvalue weighted by Gasteiger charge is 2.19. The van der Waals surface area contributed by atoms with Crippen molar-refractivity contribution in [3.63, 3.8) is 0 Å². The Balaban J connectivity index is 1.66. The first kappa shape index (κ1) is 10.7. The molecule has 17 heavy (non-hydrogen) atoms. The lowest BCUT2D eigenvalue weighted by Gasteiger charge is -2.06. The number of para-hydroxylation sites is 1. The second kappa shape index (κ2) is 4.84. The lowest BCUT2D eigenvalue weighted by molar-refractivity contribution is 0.646. The van der Waals surface area contributed by atoms with E-state index in [4.69, 9.17) is 0 Å². The molecule has 2 aromatic rings. The smallest absolute Gasteiger partial charge is 0.0733 e. The van der Waals surface area contributed by atoms with Gasteiger partial charge in [-0.1, -0.05) is 24.3 Å². The average Bonchev–Trinajstić information content (AvgIpc) is 3.19. The molecule has 3 rings (SSSR count). The van der Waals surface area contributed by atoms with E-state index in [1.165, 1.54) is 35.7 Å². The maximum Gasteiger partial charge on any atom is 0.0733 e. The van der Waals surface area contributed by atoms with Crippen LogP contribution in [0.4, 0.5) is 0 Å². The van der Waals surface area contributed by atoms with E-state index >= 15 is 0 Å². The van der Waals surface area contributed by atoms with Crippen LogP contribution in [-0.2, 0) is 6.42 Å². The van der Waals surface area contributed by atoms with Gasteiger partial charge in [0.2, 0.25) is 0 Å². The van der Waals surface area contributed by atoms with E-state index < -0.39 is 0 Å². The molecule has 2 heteroatoms. The van der Waals surface area contributed by atoms with Gasteiger partial charge in [0.25, 0.3) is 0 Å². The van der Waals surface area contributed by atoms with Gasteiger partial charge in [-0.2, -0.15) is 0 Å². The maximum absolute atomic E-state index is 4.49. The van der Waals surface area contributed by atoms with Gasteiger partial charge in [-0.3, -0.25) is 4.98 Å². The Morgan fingerprint density at radius 3 is 2.94 bits per heavy atom. The topological polar surface area (TPSA) is 24.9 Å². The number of hydrogen-bond acceptors (Lipinski definition) is 2. The van der Waals surface area contributed by atoms with Gasteiger partial charge in [0.05, 0.1) is 5.52 Å². The highest BCUT2D eigenvalue weighted by Crippen LogP contribution is 2.19. The summed E-state index contributed by atoms with van der Waals surface area (Å²) in [7, 11) is 0. The van der Waals surface area contributed by atoms with Crippen molar-refractivity contribution in [2.45, 2.75) is 31.7 Å². The molecule has 1 aromatic carbocycles. The van der Waals surface area contributed by atoms with Crippen molar-refractivity contribution in [1.82, 2.24) is 10.3 Å². The Labute approximate surface area is 102 Å². The molecule has 0 radical (unpaired) electrons. The molecule has 0 spiro atoms. The number of fused-ring (bicyclic) bond motifs is 1. The van der Waals surface area contributed by atoms with Gasteiger partial charge in [-0.15, -0.1) is 0 Å². The standard InChI is InChI=1S/C15H18N2/c1-4-12(6-2-10-16-14-8-9-14)15-13(5-1)7-3-11-17-15/h1,3-5,7,11,14,16H,2,6,8-10H2. The van der Waals surface area contributed by atoms with Crippen LogP contribution in [0.25, 0.3) is 10.9 Å². The molecule has 1 aliphatic carbocycles. The summed E-state index contributed by atoms with van der Waals surface area (Å²) >= 11 is 0. The molecule has 2 nitrogen and oxygen atoms in total. The maximum atomic E-state index is 4.49. The van der Waals surface area contributed by atoms with Crippen LogP contribution < -0.4 is 5.32 Å². The fourth-order valence-corrected chi connectivity index (χ4v) is 2.24. The SMILES string of the molecule is c1cnc2c(CCCNC3CC3)cccc2c1. The zero-order chi connectivity index (χ0) is 11.5. The van der Waals surface area contributed by atoms with Crippen LogP contribution in [0.5, 0.6) is 0 Å². The minimum atomic E-state index is 0.820. The van der Waals surface area contributed by atoms with Gasteiger partial charge >= 0.3 is 0 Å². The fraction of sp³-hybridized carbons (Fsp3) is 0.400. The summed E-state index contributed by atoms with van der Waals surface area (Å²) < 4.78 is 0. The summed E-state index contributed by atoms with van der Waals surface area (Å²) in [5.74, 6) is 0. The molecular formula is C15H18N2. The molecule has 1 heterocycles. The first-order chi connectivity index (χ1) is 8.43. The molecule has 1 N–H and O–H groups in total. The van der Waals surface area contributed by atoms with E-state index in [-0.39, 0.29) is 0 Å². The van der Waals surface area contributed by atoms with Crippen molar-refractivity contribution >= 4 is 10.9 Å². The number of nitrogens with zero attached hydrogens (tertiary/aromatic N) is 1. The van der Waals surface area contributed by atoms with Gasteiger partial charge in [0.15, 0.2) is 0 Å². The van der Waals surface area contributed by atoms with Crippen LogP contribution >= 0.6 is 0 Å². The molecule has 0 atom stereocenters. The largest absolute Gasteiger partial charge is 0.314 e. The predicted molar refractivity (Wildman–Crippen MR) is 71.1 cm³/mol. The van der Waals surface area contributed by atoms with Crippen LogP contribution in [-0.4, -0.2) is 17.6 Å². The summed E-state index contributed by atoms with van der Waals surface area (Å²) in [5.41, 5.74) is 2.54. The van der Waals surface area contributed by atoms with Crippen LogP contribution in [0.3, 0.4) is 0 Å². The number of nitrogens with one attached hydrogen (secondary N) is 1. The van der Waals surface area contributed by atoms with E-state index in [2.05, 4.69) is 34.6 Å². The first-order valence-electron chi connectivity index (χ1n) is 6.49. The molecular weight excluding hydrogens is 208 g/mol. The number of benzene rings is 1. The lowest BCUT2D eigenvalue weighted by Crippen LogP contribution is -2.17. The summed E-state index contributed by atoms with van der Waals surface area (Å²) in [6.45, 7) is 1.13. The van der Waals surface area contributed by atoms with Gasteiger partial charge < -0.3 is 5.32 Å². The molecule has 1 saturated carbocycles. The number of aryl methyl sites for hydroxylation is 1. The van der Waals surface area contributed by atoms with Crippen molar-refractivity contribution in [1.29, 1.82) is 0 Å². The van der Waals surface area contributed by atoms with Crippen molar-refractivity contribution in [3.05, 3.63) is 42.1 Å². The van der Waals surface area contributed by atoms with E-state index in [0.717, 1.165) is 19.0 Å². The highest BCUT2D eigenvalue weighted by molar-refractivity contribution is 5.81.